The summed E-state index contributed by atoms with van der Waals surface area (Å²) in [5, 5.41) is 44.7. The number of rotatable bonds is 7. The Balaban J connectivity index is 0.575. The first-order valence-corrected chi connectivity index (χ1v) is 47.3. The molecule has 8 aliphatic carbocycles. The SMILES string of the molecule is N#CC(C#N)=Cc1ccc(-c2cc3c(s2)C2=CC4C=C5C(=CC4C=C2C2(CCCCC2)O3)c2sc(-c3ccc(C=C(C#N)C#N)s3)cc2OC52CCC(C3CCC4(CC3)Oc3cc(N=c5c(=O)c6cc7ccccc7cc6c5=O)sc3C3=CC5C=C6C(=CC5C=C34)c3sc(N=c4c(=O)c5cc7ccccc7cc5c4=O)cc3OC63CCCCC3)CC2)s1. The number of allylic oxidation sites excluding steroid dienone is 10. The number of thiophene rings is 6. The third kappa shape index (κ3) is 11.5. The Morgan fingerprint density at radius 2 is 0.648 bits per heavy atom. The molecule has 6 aromatic carbocycles. The maximum atomic E-state index is 14.4. The van der Waals surface area contributed by atoms with Crippen molar-refractivity contribution in [2.75, 3.05) is 0 Å². The molecule has 122 heavy (non-hydrogen) atoms. The Kier molecular flexibility index (Phi) is 16.9. The van der Waals surface area contributed by atoms with Gasteiger partial charge in [0.15, 0.2) is 10.7 Å². The van der Waals surface area contributed by atoms with E-state index in [1.54, 1.807) is 57.5 Å². The van der Waals surface area contributed by atoms with Crippen LogP contribution < -0.4 is 51.4 Å². The summed E-state index contributed by atoms with van der Waals surface area (Å²) >= 11 is 9.60. The molecule has 24 rings (SSSR count). The lowest BCUT2D eigenvalue weighted by molar-refractivity contribution is 0.00534. The monoisotopic (exact) mass is 1700 g/mol. The zero-order chi connectivity index (χ0) is 81.8. The molecule has 4 unspecified atom stereocenters. The Labute approximate surface area is 724 Å². The van der Waals surface area contributed by atoms with Crippen LogP contribution in [0.15, 0.2) is 233 Å². The van der Waals surface area contributed by atoms with Gasteiger partial charge in [-0.25, -0.2) is 9.98 Å². The summed E-state index contributed by atoms with van der Waals surface area (Å²) in [6.45, 7) is 0. The molecular weight excluding hydrogens is 1630 g/mol. The number of nitrogens with zero attached hydrogens (tertiary/aromatic N) is 6. The van der Waals surface area contributed by atoms with Crippen LogP contribution in [-0.4, -0.2) is 22.4 Å². The average Bonchev–Trinajstić information content (AvgIpc) is 1.28. The third-order valence-corrected chi connectivity index (χ3v) is 35.2. The molecule has 20 heteroatoms. The summed E-state index contributed by atoms with van der Waals surface area (Å²) in [6, 6.07) is 47.4. The van der Waals surface area contributed by atoms with Gasteiger partial charge >= 0.3 is 0 Å². The molecule has 12 aliphatic rings. The van der Waals surface area contributed by atoms with Gasteiger partial charge in [0.1, 0.15) is 90.8 Å². The van der Waals surface area contributed by atoms with E-state index in [1.807, 2.05) is 121 Å². The molecule has 4 saturated carbocycles. The number of nitriles is 4. The molecule has 12 aromatic rings. The highest BCUT2D eigenvalue weighted by molar-refractivity contribution is 7.24. The number of ether oxygens (including phenoxy) is 4. The van der Waals surface area contributed by atoms with Gasteiger partial charge in [-0.05, 0) is 219 Å². The first-order chi connectivity index (χ1) is 59.6. The molecule has 4 aliphatic heterocycles. The lowest BCUT2D eigenvalue weighted by Crippen LogP contribution is -2.48. The van der Waals surface area contributed by atoms with Crippen LogP contribution in [0.4, 0.5) is 10.0 Å². The Morgan fingerprint density at radius 1 is 0.344 bits per heavy atom. The smallest absolute Gasteiger partial charge is 0.216 e. The highest BCUT2D eigenvalue weighted by Crippen LogP contribution is 2.65. The van der Waals surface area contributed by atoms with Crippen LogP contribution in [0.3, 0.4) is 0 Å². The fourth-order valence-corrected chi connectivity index (χ4v) is 28.8. The normalized spacial score (nSPS) is 24.4. The Hall–Kier alpha value is -11.8. The van der Waals surface area contributed by atoms with Crippen molar-refractivity contribution in [3.8, 4) is 66.8 Å². The molecule has 14 nitrogen and oxygen atoms in total. The lowest BCUT2D eigenvalue weighted by atomic mass is 9.61. The largest absolute Gasteiger partial charge is 0.481 e. The molecule has 10 heterocycles. The summed E-state index contributed by atoms with van der Waals surface area (Å²) in [5.74, 6) is 4.07. The number of hydrogen-bond donors (Lipinski definition) is 0. The topological polar surface area (TPSA) is 225 Å². The van der Waals surface area contributed by atoms with Crippen LogP contribution in [0.5, 0.6) is 23.0 Å². The second-order valence-corrected chi connectivity index (χ2v) is 41.4. The molecule has 4 atom stereocenters. The number of benzene rings is 4. The predicted molar refractivity (Wildman–Crippen MR) is 487 cm³/mol. The van der Waals surface area contributed by atoms with Crippen molar-refractivity contribution < 1.29 is 18.9 Å². The minimum Gasteiger partial charge on any atom is -0.481 e. The molecule has 0 N–H and O–H groups in total. The van der Waals surface area contributed by atoms with Crippen molar-refractivity contribution >= 4 is 156 Å². The van der Waals surface area contributed by atoms with Crippen LogP contribution >= 0.6 is 68.0 Å². The van der Waals surface area contributed by atoms with E-state index in [2.05, 4.69) is 72.9 Å². The first-order valence-electron chi connectivity index (χ1n) is 42.4. The molecule has 4 fully saturated rings. The molecule has 0 saturated heterocycles. The van der Waals surface area contributed by atoms with Gasteiger partial charge in [0, 0.05) is 121 Å². The lowest BCUT2D eigenvalue weighted by Gasteiger charge is -2.51. The van der Waals surface area contributed by atoms with Crippen molar-refractivity contribution in [2.45, 2.75) is 138 Å². The van der Waals surface area contributed by atoms with Gasteiger partial charge in [-0.1, -0.05) is 110 Å². The van der Waals surface area contributed by atoms with Crippen LogP contribution in [-0.2, 0) is 0 Å². The summed E-state index contributed by atoms with van der Waals surface area (Å²) in [6.07, 6.45) is 40.5. The van der Waals surface area contributed by atoms with Crippen molar-refractivity contribution in [1.82, 2.24) is 0 Å². The molecule has 0 amide bonds. The van der Waals surface area contributed by atoms with E-state index in [0.29, 0.717) is 43.4 Å². The summed E-state index contributed by atoms with van der Waals surface area (Å²) in [4.78, 5) is 77.3. The summed E-state index contributed by atoms with van der Waals surface area (Å²) in [5.41, 5.74) is 5.93. The van der Waals surface area contributed by atoms with E-state index in [9.17, 15) is 40.2 Å². The van der Waals surface area contributed by atoms with Crippen LogP contribution in [0.2, 0.25) is 0 Å². The Bertz CT molecular complexity index is 7420. The van der Waals surface area contributed by atoms with Crippen LogP contribution in [0.25, 0.3) is 97.0 Å². The second kappa shape index (κ2) is 27.9. The second-order valence-electron chi connectivity index (χ2n) is 35.0. The van der Waals surface area contributed by atoms with E-state index in [0.717, 1.165) is 219 Å². The van der Waals surface area contributed by atoms with Gasteiger partial charge < -0.3 is 18.9 Å². The van der Waals surface area contributed by atoms with Gasteiger partial charge in [0.05, 0.1) is 19.5 Å². The van der Waals surface area contributed by atoms with Crippen molar-refractivity contribution in [1.29, 1.82) is 21.0 Å². The fraction of sp³-hybridized carbons (Fsp3) is 0.275. The van der Waals surface area contributed by atoms with Gasteiger partial charge in [0.25, 0.3) is 0 Å². The number of fused-ring (bicyclic) bond motifs is 22. The minimum atomic E-state index is -0.709. The molecule has 0 radical (unpaired) electrons. The van der Waals surface area contributed by atoms with E-state index < -0.39 is 22.4 Å². The van der Waals surface area contributed by atoms with Crippen LogP contribution in [0.1, 0.15) is 145 Å². The highest BCUT2D eigenvalue weighted by atomic mass is 32.1. The van der Waals surface area contributed by atoms with Gasteiger partial charge in [0.2, 0.25) is 21.7 Å². The van der Waals surface area contributed by atoms with Gasteiger partial charge in [-0.2, -0.15) is 21.0 Å². The van der Waals surface area contributed by atoms with Gasteiger partial charge in [-0.15, -0.1) is 68.0 Å². The van der Waals surface area contributed by atoms with Crippen LogP contribution in [0, 0.1) is 80.8 Å². The molecule has 4 spiro atoms. The predicted octanol–water partition coefficient (Wildman–Crippen LogP) is 23.2. The zero-order valence-electron chi connectivity index (χ0n) is 65.9. The fourth-order valence-electron chi connectivity index (χ4n) is 22.5. The number of hydrogen-bond acceptors (Lipinski definition) is 20. The third-order valence-electron chi connectivity index (χ3n) is 28.4. The standard InChI is InChI=1S/C102H72N6O8S6/c103-49-53(50-104)31-65-15-17-83(117-65)85-45-79-95(119-85)71-37-62-43-77-72(38-61(62)41-75(71)99(113-79)23-7-1-8-24-99)96-80(46-86(120-96)84-18-16-66(118-84)32-54(51-105)52-106)114-101(77)27-19-55(20-28-101)56-21-29-102(30-22-56)78-44-64-39-73-76(42-63(64)40-74(78)98-82(116-102)48-88(122-98)108-90-93(111)69-35-59-13-5-6-14-60(59)36-70(69)94(90)112)100(25-9-2-10-26-100)115-81-47-87(121-97(73)81)107-89-91(109)67-33-57-11-3-4-12-58(57)34-68(67)92(89)110/h3-6,11-18,31-48,55-56,61-64H,1-2,7-10,19-30H2. The molecule has 6 aromatic heterocycles. The average molecular weight is 1700 g/mol. The van der Waals surface area contributed by atoms with Crippen molar-refractivity contribution in [3.05, 3.63) is 284 Å². The quantitative estimate of drug-likeness (QED) is 0.136. The highest BCUT2D eigenvalue weighted by Gasteiger charge is 2.56. The van der Waals surface area contributed by atoms with E-state index in [4.69, 9.17) is 28.9 Å². The molecular formula is C102H72N6O8S6. The van der Waals surface area contributed by atoms with E-state index in [1.165, 1.54) is 57.0 Å². The van der Waals surface area contributed by atoms with Crippen molar-refractivity contribution in [2.24, 2.45) is 45.5 Å². The minimum absolute atomic E-state index is 0.0448. The van der Waals surface area contributed by atoms with Gasteiger partial charge in [-0.3, -0.25) is 19.2 Å². The molecule has 0 bridgehead atoms. The molecule has 594 valence electrons. The van der Waals surface area contributed by atoms with E-state index >= 15 is 0 Å². The maximum Gasteiger partial charge on any atom is 0.216 e. The van der Waals surface area contributed by atoms with Crippen molar-refractivity contribution in [3.63, 3.8) is 0 Å². The Morgan fingerprint density at radius 3 is 0.967 bits per heavy atom. The maximum absolute atomic E-state index is 14.4. The van der Waals surface area contributed by atoms with E-state index in [-0.39, 0.29) is 67.2 Å². The first kappa shape index (κ1) is 74.0. The summed E-state index contributed by atoms with van der Waals surface area (Å²) in [7, 11) is 0. The zero-order valence-corrected chi connectivity index (χ0v) is 70.8. The summed E-state index contributed by atoms with van der Waals surface area (Å²) < 4.78 is 30.2.